The quantitative estimate of drug-likeness (QED) is 0.0814. The van der Waals surface area contributed by atoms with Gasteiger partial charge in [0.05, 0.1) is 27.4 Å². The van der Waals surface area contributed by atoms with Crippen LogP contribution in [0, 0.1) is 22.7 Å². The van der Waals surface area contributed by atoms with Crippen molar-refractivity contribution < 1.29 is 38.0 Å². The molecule has 0 saturated heterocycles. The van der Waals surface area contributed by atoms with Crippen molar-refractivity contribution in [2.24, 2.45) is 22.7 Å². The summed E-state index contributed by atoms with van der Waals surface area (Å²) in [7, 11) is 2.51. The molecule has 2 aliphatic rings. The van der Waals surface area contributed by atoms with E-state index in [2.05, 4.69) is 52.0 Å². The molecule has 2 aromatic rings. The molecule has 0 bridgehead atoms. The molecule has 56 heavy (non-hydrogen) atoms. The van der Waals surface area contributed by atoms with Gasteiger partial charge in [-0.25, -0.2) is 9.59 Å². The summed E-state index contributed by atoms with van der Waals surface area (Å²) in [6.07, 6.45) is 24.4. The second kappa shape index (κ2) is 23.6. The molecule has 4 rings (SSSR count). The van der Waals surface area contributed by atoms with E-state index in [1.54, 1.807) is 0 Å². The number of esters is 2. The van der Waals surface area contributed by atoms with Crippen LogP contribution in [0.5, 0.6) is 11.5 Å². The summed E-state index contributed by atoms with van der Waals surface area (Å²) in [6, 6.07) is 15.1. The van der Waals surface area contributed by atoms with Crippen LogP contribution in [0.1, 0.15) is 129 Å². The topological polar surface area (TPSA) is 89.5 Å². The van der Waals surface area contributed by atoms with E-state index in [1.807, 2.05) is 48.5 Å². The molecule has 0 spiro atoms. The second-order valence-electron chi connectivity index (χ2n) is 16.2. The fourth-order valence-electron chi connectivity index (χ4n) is 8.89. The van der Waals surface area contributed by atoms with Crippen LogP contribution < -0.4 is 9.47 Å². The van der Waals surface area contributed by atoms with Gasteiger partial charge in [-0.15, -0.1) is 0 Å². The normalized spacial score (nSPS) is 18.9. The van der Waals surface area contributed by atoms with Crippen LogP contribution in [0.25, 0.3) is 0 Å². The molecule has 0 heterocycles. The van der Waals surface area contributed by atoms with E-state index in [4.69, 9.17) is 28.4 Å². The average molecular weight is 775 g/mol. The lowest BCUT2D eigenvalue weighted by atomic mass is 9.65. The highest BCUT2D eigenvalue weighted by Crippen LogP contribution is 2.46. The van der Waals surface area contributed by atoms with E-state index in [9.17, 15) is 9.59 Å². The zero-order valence-corrected chi connectivity index (χ0v) is 35.2. The van der Waals surface area contributed by atoms with Crippen molar-refractivity contribution in [3.8, 4) is 11.5 Å². The predicted molar refractivity (Wildman–Crippen MR) is 223 cm³/mol. The van der Waals surface area contributed by atoms with Crippen LogP contribution in [0.15, 0.2) is 72.8 Å². The first-order chi connectivity index (χ1) is 27.2. The lowest BCUT2D eigenvalue weighted by molar-refractivity contribution is -0.182. The maximum absolute atomic E-state index is 12.9. The fourth-order valence-corrected chi connectivity index (χ4v) is 8.89. The highest BCUT2D eigenvalue weighted by molar-refractivity contribution is 5.85. The molecule has 0 amide bonds. The summed E-state index contributed by atoms with van der Waals surface area (Å²) >= 11 is 0. The van der Waals surface area contributed by atoms with Crippen LogP contribution in [0.4, 0.5) is 0 Å². The number of carbonyl (C=O) groups is 2. The van der Waals surface area contributed by atoms with Crippen LogP contribution in [-0.4, -0.2) is 51.6 Å². The van der Waals surface area contributed by atoms with Crippen LogP contribution in [-0.2, 0) is 41.8 Å². The molecule has 0 N–H and O–H groups in total. The smallest absolute Gasteiger partial charge is 0.338 e. The molecule has 310 valence electrons. The molecule has 8 nitrogen and oxygen atoms in total. The standard InChI is InChI=1S/C48H70O8/c1-7-17-37(3)47(27-11-9-12-28-47)31-15-33-53-41-23-19-39(20-24-41)35-55-43(45(49)51-5)44(46(50)52-6)56-36-40-21-25-42(26-22-40)54-34-16-32-48(38(4)18-8-2)29-13-10-14-30-48/h15-16,19-26,31-32,37-38,43-44H,7-14,17-18,27-30,33-36H2,1-6H3/b31-15+,32-16+/t37?,38?,43-,44-/m1/s1. The molecule has 0 radical (unpaired) electrons. The Bertz CT molecular complexity index is 1370. The summed E-state index contributed by atoms with van der Waals surface area (Å²) in [5.41, 5.74) is 2.16. The molecule has 2 aromatic carbocycles. The number of benzene rings is 2. The Morgan fingerprint density at radius 3 is 1.27 bits per heavy atom. The van der Waals surface area contributed by atoms with E-state index in [1.165, 1.54) is 104 Å². The van der Waals surface area contributed by atoms with Crippen LogP contribution in [0.2, 0.25) is 0 Å². The summed E-state index contributed by atoms with van der Waals surface area (Å²) in [5, 5.41) is 0. The minimum Gasteiger partial charge on any atom is -0.490 e. The molecule has 8 heteroatoms. The zero-order chi connectivity index (χ0) is 40.2. The molecular formula is C48H70O8. The van der Waals surface area contributed by atoms with Gasteiger partial charge in [-0.2, -0.15) is 0 Å². The number of hydrogen-bond donors (Lipinski definition) is 0. The third-order valence-corrected chi connectivity index (χ3v) is 12.4. The first-order valence-corrected chi connectivity index (χ1v) is 21.4. The molecule has 2 saturated carbocycles. The van der Waals surface area contributed by atoms with E-state index in [0.29, 0.717) is 25.0 Å². The van der Waals surface area contributed by atoms with Gasteiger partial charge in [0.25, 0.3) is 0 Å². The average Bonchev–Trinajstić information content (AvgIpc) is 3.23. The minimum absolute atomic E-state index is 0.0494. The fraction of sp³-hybridized carbons (Fsp3) is 0.625. The highest BCUT2D eigenvalue weighted by Gasteiger charge is 2.38. The molecule has 0 aliphatic heterocycles. The Morgan fingerprint density at radius 2 is 0.946 bits per heavy atom. The molecule has 2 unspecified atom stereocenters. The summed E-state index contributed by atoms with van der Waals surface area (Å²) in [4.78, 5) is 25.8. The number of methoxy groups -OCH3 is 2. The number of ether oxygens (including phenoxy) is 6. The Balaban J connectivity index is 1.29. The third kappa shape index (κ3) is 13.2. The van der Waals surface area contributed by atoms with Gasteiger partial charge in [-0.1, -0.05) is 140 Å². The Morgan fingerprint density at radius 1 is 0.589 bits per heavy atom. The van der Waals surface area contributed by atoms with E-state index >= 15 is 0 Å². The van der Waals surface area contributed by atoms with Gasteiger partial charge in [-0.3, -0.25) is 0 Å². The van der Waals surface area contributed by atoms with Crippen molar-refractivity contribution in [1.29, 1.82) is 0 Å². The molecule has 4 atom stereocenters. The van der Waals surface area contributed by atoms with E-state index in [-0.39, 0.29) is 24.0 Å². The first kappa shape index (κ1) is 45.1. The summed E-state index contributed by atoms with van der Waals surface area (Å²) < 4.78 is 34.1. The van der Waals surface area contributed by atoms with E-state index in [0.717, 1.165) is 22.6 Å². The monoisotopic (exact) mass is 775 g/mol. The number of allylic oxidation sites excluding steroid dienone is 2. The van der Waals surface area contributed by atoms with Crippen molar-refractivity contribution in [2.75, 3.05) is 27.4 Å². The lowest BCUT2D eigenvalue weighted by Gasteiger charge is -2.40. The highest BCUT2D eigenvalue weighted by atomic mass is 16.6. The van der Waals surface area contributed by atoms with Crippen molar-refractivity contribution >= 4 is 11.9 Å². The summed E-state index contributed by atoms with van der Waals surface area (Å²) in [6.45, 7) is 10.5. The maximum atomic E-state index is 12.9. The summed E-state index contributed by atoms with van der Waals surface area (Å²) in [5.74, 6) is 1.37. The lowest BCUT2D eigenvalue weighted by Crippen LogP contribution is -2.44. The number of carbonyl (C=O) groups excluding carboxylic acids is 2. The van der Waals surface area contributed by atoms with E-state index < -0.39 is 24.1 Å². The Labute approximate surface area is 337 Å². The predicted octanol–water partition coefficient (Wildman–Crippen LogP) is 11.1. The van der Waals surface area contributed by atoms with Gasteiger partial charge in [0, 0.05) is 0 Å². The van der Waals surface area contributed by atoms with Crippen LogP contribution in [0.3, 0.4) is 0 Å². The number of rotatable bonds is 23. The van der Waals surface area contributed by atoms with Gasteiger partial charge >= 0.3 is 11.9 Å². The molecule has 2 fully saturated rings. The van der Waals surface area contributed by atoms with Gasteiger partial charge in [-0.05, 0) is 83.7 Å². The van der Waals surface area contributed by atoms with Gasteiger partial charge < -0.3 is 28.4 Å². The second-order valence-corrected chi connectivity index (χ2v) is 16.2. The van der Waals surface area contributed by atoms with Crippen molar-refractivity contribution in [2.45, 2.75) is 143 Å². The Hall–Kier alpha value is -3.62. The SMILES string of the molecule is CCCC(C)C1(/C=C/COc2ccc(CO[C@@H](C(=O)OC)[C@@H](OCc3ccc(OC/C=C/C4(C(C)CCC)CCCCC4)cc3)C(=O)OC)cc2)CCCCC1. The number of hydrogen-bond acceptors (Lipinski definition) is 8. The van der Waals surface area contributed by atoms with Gasteiger partial charge in [0.1, 0.15) is 24.7 Å². The van der Waals surface area contributed by atoms with Crippen molar-refractivity contribution in [3.63, 3.8) is 0 Å². The maximum Gasteiger partial charge on any atom is 0.338 e. The van der Waals surface area contributed by atoms with Crippen molar-refractivity contribution in [1.82, 2.24) is 0 Å². The largest absolute Gasteiger partial charge is 0.490 e. The van der Waals surface area contributed by atoms with Crippen molar-refractivity contribution in [3.05, 3.63) is 84.0 Å². The zero-order valence-electron chi connectivity index (χ0n) is 35.2. The van der Waals surface area contributed by atoms with Crippen LogP contribution >= 0.6 is 0 Å². The molecule has 2 aliphatic carbocycles. The first-order valence-electron chi connectivity index (χ1n) is 21.4. The Kier molecular flexibility index (Phi) is 19.0. The molecular weight excluding hydrogens is 705 g/mol. The van der Waals surface area contributed by atoms with Gasteiger partial charge in [0.15, 0.2) is 12.2 Å². The van der Waals surface area contributed by atoms with Gasteiger partial charge in [0.2, 0.25) is 0 Å². The molecule has 0 aromatic heterocycles. The minimum atomic E-state index is -1.34. The third-order valence-electron chi connectivity index (χ3n) is 12.4.